The molecule has 5 nitrogen and oxygen atoms in total. The van der Waals surface area contributed by atoms with Crippen molar-refractivity contribution >= 4 is 11.8 Å². The summed E-state index contributed by atoms with van der Waals surface area (Å²) >= 11 is 1.81. The number of aliphatic hydroxyl groups is 1. The zero-order valence-corrected chi connectivity index (χ0v) is 19.3. The van der Waals surface area contributed by atoms with Crippen LogP contribution in [-0.2, 0) is 19.8 Å². The van der Waals surface area contributed by atoms with Crippen LogP contribution in [-0.4, -0.2) is 80.8 Å². The van der Waals surface area contributed by atoms with E-state index in [2.05, 4.69) is 11.2 Å². The zero-order valence-electron chi connectivity index (χ0n) is 18.4. The molecule has 1 aliphatic rings. The molecule has 0 aliphatic carbocycles. The quantitative estimate of drug-likeness (QED) is 0.705. The van der Waals surface area contributed by atoms with Crippen molar-refractivity contribution in [2.45, 2.75) is 18.1 Å². The van der Waals surface area contributed by atoms with E-state index in [1.165, 1.54) is 0 Å². The summed E-state index contributed by atoms with van der Waals surface area (Å²) < 4.78 is 17.1. The number of hydrogen-bond donors (Lipinski definition) is 1. The van der Waals surface area contributed by atoms with Gasteiger partial charge in [-0.2, -0.15) is 11.8 Å². The summed E-state index contributed by atoms with van der Waals surface area (Å²) in [6.07, 6.45) is 2.97. The van der Waals surface area contributed by atoms with Gasteiger partial charge in [0.05, 0.1) is 39.6 Å². The number of hydrogen-bond acceptors (Lipinski definition) is 6. The van der Waals surface area contributed by atoms with Crippen molar-refractivity contribution in [1.82, 2.24) is 4.90 Å². The molecule has 1 fully saturated rings. The van der Waals surface area contributed by atoms with Crippen LogP contribution >= 0.6 is 11.8 Å². The van der Waals surface area contributed by atoms with Crippen molar-refractivity contribution in [3.63, 3.8) is 0 Å². The second-order valence-corrected chi connectivity index (χ2v) is 8.65. The lowest BCUT2D eigenvalue weighted by Gasteiger charge is -2.44. The predicted molar refractivity (Wildman–Crippen MR) is 127 cm³/mol. The standard InChI is InChI=1S/C25H35NO4S/c1-31-21-12-24(26-13-15-28-17-19-30-20-18-29-16-14-26)25(27,22-8-4-2-5-9-22)23-10-6-3-7-11-23/h2-11,24,27H,12-21H2,1H3/t24-/m0/s1. The summed E-state index contributed by atoms with van der Waals surface area (Å²) in [5.74, 6) is 0.957. The van der Waals surface area contributed by atoms with Crippen molar-refractivity contribution in [2.24, 2.45) is 0 Å². The lowest BCUT2D eigenvalue weighted by Crippen LogP contribution is -2.53. The smallest absolute Gasteiger partial charge is 0.130 e. The Bertz CT molecular complexity index is 679. The molecule has 31 heavy (non-hydrogen) atoms. The molecule has 1 heterocycles. The molecule has 2 aromatic carbocycles. The maximum absolute atomic E-state index is 12.4. The van der Waals surface area contributed by atoms with E-state index in [-0.39, 0.29) is 6.04 Å². The minimum atomic E-state index is -1.14. The maximum Gasteiger partial charge on any atom is 0.130 e. The zero-order chi connectivity index (χ0) is 21.8. The van der Waals surface area contributed by atoms with Crippen LogP contribution < -0.4 is 0 Å². The SMILES string of the molecule is CSCC[C@H](N1CCOCCOCCOCC1)C(O)(c1ccccc1)c1ccccc1. The highest BCUT2D eigenvalue weighted by Crippen LogP contribution is 2.37. The van der Waals surface area contributed by atoms with E-state index in [9.17, 15) is 5.11 Å². The van der Waals surface area contributed by atoms with Gasteiger partial charge < -0.3 is 19.3 Å². The lowest BCUT2D eigenvalue weighted by atomic mass is 9.78. The predicted octanol–water partition coefficient (Wildman–Crippen LogP) is 3.41. The Morgan fingerprint density at radius 1 is 0.806 bits per heavy atom. The highest BCUT2D eigenvalue weighted by atomic mass is 32.2. The van der Waals surface area contributed by atoms with E-state index in [0.717, 1.165) is 36.4 Å². The number of benzene rings is 2. The molecule has 2 aromatic rings. The first-order chi connectivity index (χ1) is 15.3. The van der Waals surface area contributed by atoms with Crippen molar-refractivity contribution in [1.29, 1.82) is 0 Å². The van der Waals surface area contributed by atoms with Crippen LogP contribution in [0.2, 0.25) is 0 Å². The highest BCUT2D eigenvalue weighted by molar-refractivity contribution is 7.98. The van der Waals surface area contributed by atoms with Gasteiger partial charge in [0.2, 0.25) is 0 Å². The largest absolute Gasteiger partial charge is 0.379 e. The molecule has 1 aliphatic heterocycles. The van der Waals surface area contributed by atoms with Crippen LogP contribution in [0.15, 0.2) is 60.7 Å². The number of nitrogens with zero attached hydrogens (tertiary/aromatic N) is 1. The van der Waals surface area contributed by atoms with Gasteiger partial charge in [0.15, 0.2) is 0 Å². The van der Waals surface area contributed by atoms with Gasteiger partial charge in [-0.3, -0.25) is 4.90 Å². The first-order valence-electron chi connectivity index (χ1n) is 11.1. The average molecular weight is 446 g/mol. The van der Waals surface area contributed by atoms with Gasteiger partial charge in [0, 0.05) is 19.1 Å². The number of ether oxygens (including phenoxy) is 3. The normalized spacial score (nSPS) is 18.6. The Labute approximate surface area is 190 Å². The molecule has 0 amide bonds. The summed E-state index contributed by atoms with van der Waals surface area (Å²) in [5, 5.41) is 12.4. The highest BCUT2D eigenvalue weighted by Gasteiger charge is 2.42. The monoisotopic (exact) mass is 445 g/mol. The number of rotatable bonds is 7. The van der Waals surface area contributed by atoms with Crippen LogP contribution in [0, 0.1) is 0 Å². The van der Waals surface area contributed by atoms with Gasteiger partial charge in [-0.1, -0.05) is 60.7 Å². The van der Waals surface area contributed by atoms with Crippen LogP contribution in [0.3, 0.4) is 0 Å². The molecule has 0 aromatic heterocycles. The van der Waals surface area contributed by atoms with Crippen molar-refractivity contribution in [2.75, 3.05) is 64.7 Å². The fourth-order valence-corrected chi connectivity index (χ4v) is 4.61. The van der Waals surface area contributed by atoms with E-state index in [1.807, 2.05) is 60.7 Å². The van der Waals surface area contributed by atoms with Gasteiger partial charge in [-0.05, 0) is 29.6 Å². The Morgan fingerprint density at radius 3 is 1.71 bits per heavy atom. The van der Waals surface area contributed by atoms with Crippen LogP contribution in [0.4, 0.5) is 0 Å². The Balaban J connectivity index is 1.96. The summed E-state index contributed by atoms with van der Waals surface area (Å²) in [4.78, 5) is 2.35. The Morgan fingerprint density at radius 2 is 1.26 bits per heavy atom. The Hall–Kier alpha value is -1.41. The molecule has 1 saturated heterocycles. The third-order valence-corrected chi connectivity index (χ3v) is 6.38. The van der Waals surface area contributed by atoms with E-state index in [0.29, 0.717) is 39.6 Å². The van der Waals surface area contributed by atoms with Crippen LogP contribution in [0.1, 0.15) is 17.5 Å². The molecule has 1 atom stereocenters. The second kappa shape index (κ2) is 13.2. The molecule has 170 valence electrons. The van der Waals surface area contributed by atoms with E-state index in [1.54, 1.807) is 11.8 Å². The molecule has 0 saturated carbocycles. The molecule has 0 bridgehead atoms. The van der Waals surface area contributed by atoms with Crippen molar-refractivity contribution in [3.05, 3.63) is 71.8 Å². The Kier molecular flexibility index (Phi) is 10.3. The summed E-state index contributed by atoms with van der Waals surface area (Å²) in [5.41, 5.74) is 0.681. The first-order valence-corrected chi connectivity index (χ1v) is 12.5. The fourth-order valence-electron chi connectivity index (χ4n) is 4.15. The van der Waals surface area contributed by atoms with E-state index < -0.39 is 5.60 Å². The molecule has 1 N–H and O–H groups in total. The summed E-state index contributed by atoms with van der Waals surface area (Å²) in [7, 11) is 0. The first kappa shape index (κ1) is 24.2. The second-order valence-electron chi connectivity index (χ2n) is 7.67. The van der Waals surface area contributed by atoms with Gasteiger partial charge in [-0.25, -0.2) is 0 Å². The van der Waals surface area contributed by atoms with E-state index >= 15 is 0 Å². The lowest BCUT2D eigenvalue weighted by molar-refractivity contribution is -0.0538. The van der Waals surface area contributed by atoms with Gasteiger partial charge in [0.1, 0.15) is 5.60 Å². The fraction of sp³-hybridized carbons (Fsp3) is 0.520. The molecule has 0 radical (unpaired) electrons. The number of thioether (sulfide) groups is 1. The van der Waals surface area contributed by atoms with Gasteiger partial charge >= 0.3 is 0 Å². The third kappa shape index (κ3) is 6.78. The van der Waals surface area contributed by atoms with Crippen molar-refractivity contribution in [3.8, 4) is 0 Å². The van der Waals surface area contributed by atoms with E-state index in [4.69, 9.17) is 14.2 Å². The molecule has 6 heteroatoms. The van der Waals surface area contributed by atoms with Crippen LogP contribution in [0.5, 0.6) is 0 Å². The average Bonchev–Trinajstić information content (AvgIpc) is 2.81. The topological polar surface area (TPSA) is 51.2 Å². The third-order valence-electron chi connectivity index (χ3n) is 5.74. The van der Waals surface area contributed by atoms with Gasteiger partial charge in [-0.15, -0.1) is 0 Å². The van der Waals surface area contributed by atoms with Gasteiger partial charge in [0.25, 0.3) is 0 Å². The molecular weight excluding hydrogens is 410 g/mol. The molecule has 3 rings (SSSR count). The minimum Gasteiger partial charge on any atom is -0.379 e. The summed E-state index contributed by atoms with van der Waals surface area (Å²) in [6.45, 7) is 4.96. The minimum absolute atomic E-state index is 0.115. The molecular formula is C25H35NO4S. The van der Waals surface area contributed by atoms with Crippen molar-refractivity contribution < 1.29 is 19.3 Å². The van der Waals surface area contributed by atoms with Crippen LogP contribution in [0.25, 0.3) is 0 Å². The summed E-state index contributed by atoms with van der Waals surface area (Å²) in [6, 6.07) is 20.0. The molecule has 0 unspecified atom stereocenters. The molecule has 0 spiro atoms. The maximum atomic E-state index is 12.4.